The molecular weight excluding hydrogens is 302 g/mol. The molecule has 1 aromatic rings. The molecule has 0 aromatic heterocycles. The zero-order chi connectivity index (χ0) is 16.6. The zero-order valence-corrected chi connectivity index (χ0v) is 14.0. The number of nitrogens with zero attached hydrogens (tertiary/aromatic N) is 1. The van der Waals surface area contributed by atoms with Crippen molar-refractivity contribution in [2.24, 2.45) is 5.84 Å². The van der Waals surface area contributed by atoms with Crippen LogP contribution in [-0.4, -0.2) is 31.7 Å². The maximum absolute atomic E-state index is 12.7. The Morgan fingerprint density at radius 2 is 1.59 bits per heavy atom. The summed E-state index contributed by atoms with van der Waals surface area (Å²) in [6, 6.07) is 5.83. The Bertz CT molecular complexity index is 562. The summed E-state index contributed by atoms with van der Waals surface area (Å²) in [5.74, 6) is 4.61. The van der Waals surface area contributed by atoms with E-state index < -0.39 is 15.9 Å². The third-order valence-electron chi connectivity index (χ3n) is 3.41. The molecule has 0 aliphatic rings. The van der Waals surface area contributed by atoms with Crippen molar-refractivity contribution in [1.82, 2.24) is 9.73 Å². The Kier molecular flexibility index (Phi) is 7.50. The molecule has 0 radical (unpaired) electrons. The number of sulfonamides is 1. The van der Waals surface area contributed by atoms with Gasteiger partial charge in [-0.1, -0.05) is 26.7 Å². The van der Waals surface area contributed by atoms with E-state index in [1.807, 2.05) is 19.3 Å². The van der Waals surface area contributed by atoms with Crippen LogP contribution in [0.15, 0.2) is 29.2 Å². The second-order valence-corrected chi connectivity index (χ2v) is 7.05. The first-order valence-corrected chi connectivity index (χ1v) is 9.02. The van der Waals surface area contributed by atoms with E-state index in [9.17, 15) is 13.2 Å². The number of unbranched alkanes of at least 4 members (excludes halogenated alkanes) is 2. The van der Waals surface area contributed by atoms with Gasteiger partial charge in [0.25, 0.3) is 5.91 Å². The first-order valence-electron chi connectivity index (χ1n) is 7.58. The molecule has 0 atom stereocenters. The monoisotopic (exact) mass is 327 g/mol. The summed E-state index contributed by atoms with van der Waals surface area (Å²) in [6.45, 7) is 5.10. The Hall–Kier alpha value is -1.44. The lowest BCUT2D eigenvalue weighted by molar-refractivity contribution is 0.0953. The fraction of sp³-hybridized carbons (Fsp3) is 0.533. The standard InChI is InChI=1S/C15H25N3O3S/c1-3-5-11-18(12-6-4-2)22(20,21)14-9-7-13(8-10-14)15(19)17-16/h7-10H,3-6,11-12,16H2,1-2H3,(H,17,19). The summed E-state index contributed by atoms with van der Waals surface area (Å²) in [6.07, 6.45) is 3.54. The van der Waals surface area contributed by atoms with Gasteiger partial charge in [-0.2, -0.15) is 4.31 Å². The maximum Gasteiger partial charge on any atom is 0.265 e. The molecule has 0 aliphatic heterocycles. The van der Waals surface area contributed by atoms with E-state index in [-0.39, 0.29) is 4.90 Å². The molecule has 0 saturated heterocycles. The minimum atomic E-state index is -3.52. The van der Waals surface area contributed by atoms with E-state index in [4.69, 9.17) is 5.84 Å². The van der Waals surface area contributed by atoms with Crippen LogP contribution < -0.4 is 11.3 Å². The van der Waals surface area contributed by atoms with Crippen LogP contribution >= 0.6 is 0 Å². The third-order valence-corrected chi connectivity index (χ3v) is 5.32. The topological polar surface area (TPSA) is 92.5 Å². The number of hydrogen-bond acceptors (Lipinski definition) is 4. The third kappa shape index (κ3) is 4.79. The van der Waals surface area contributed by atoms with Gasteiger partial charge in [0, 0.05) is 18.7 Å². The molecule has 6 nitrogen and oxygen atoms in total. The molecular formula is C15H25N3O3S. The number of carbonyl (C=O) groups excluding carboxylic acids is 1. The Morgan fingerprint density at radius 3 is 2.00 bits per heavy atom. The van der Waals surface area contributed by atoms with Crippen LogP contribution in [0.3, 0.4) is 0 Å². The molecule has 0 unspecified atom stereocenters. The van der Waals surface area contributed by atoms with Crippen LogP contribution in [0.25, 0.3) is 0 Å². The number of rotatable bonds is 9. The molecule has 22 heavy (non-hydrogen) atoms. The van der Waals surface area contributed by atoms with Gasteiger partial charge in [-0.15, -0.1) is 0 Å². The molecule has 1 amide bonds. The van der Waals surface area contributed by atoms with Crippen LogP contribution in [0.4, 0.5) is 0 Å². The highest BCUT2D eigenvalue weighted by atomic mass is 32.2. The number of amides is 1. The second kappa shape index (κ2) is 8.87. The Balaban J connectivity index is 2.99. The summed E-state index contributed by atoms with van der Waals surface area (Å²) in [5.41, 5.74) is 2.35. The van der Waals surface area contributed by atoms with Crippen molar-refractivity contribution in [3.05, 3.63) is 29.8 Å². The van der Waals surface area contributed by atoms with E-state index >= 15 is 0 Å². The Morgan fingerprint density at radius 1 is 1.09 bits per heavy atom. The number of nitrogens with two attached hydrogens (primary N) is 1. The molecule has 124 valence electrons. The fourth-order valence-corrected chi connectivity index (χ4v) is 3.55. The summed E-state index contributed by atoms with van der Waals surface area (Å²) >= 11 is 0. The molecule has 0 saturated carbocycles. The van der Waals surface area contributed by atoms with Gasteiger partial charge in [-0.3, -0.25) is 10.2 Å². The van der Waals surface area contributed by atoms with Gasteiger partial charge in [-0.05, 0) is 37.1 Å². The van der Waals surface area contributed by atoms with Gasteiger partial charge in [0.1, 0.15) is 0 Å². The summed E-state index contributed by atoms with van der Waals surface area (Å²) in [4.78, 5) is 11.6. The molecule has 0 heterocycles. The highest BCUT2D eigenvalue weighted by molar-refractivity contribution is 7.89. The number of nitrogens with one attached hydrogen (secondary N) is 1. The van der Waals surface area contributed by atoms with Crippen molar-refractivity contribution in [3.63, 3.8) is 0 Å². The van der Waals surface area contributed by atoms with Gasteiger partial charge < -0.3 is 0 Å². The van der Waals surface area contributed by atoms with Crippen molar-refractivity contribution in [2.45, 2.75) is 44.4 Å². The maximum atomic E-state index is 12.7. The van der Waals surface area contributed by atoms with E-state index in [1.165, 1.54) is 28.6 Å². The van der Waals surface area contributed by atoms with Gasteiger partial charge in [0.05, 0.1) is 4.90 Å². The summed E-state index contributed by atoms with van der Waals surface area (Å²) < 4.78 is 26.9. The smallest absolute Gasteiger partial charge is 0.265 e. The van der Waals surface area contributed by atoms with Crippen LogP contribution in [0.1, 0.15) is 49.9 Å². The molecule has 3 N–H and O–H groups in total. The highest BCUT2D eigenvalue weighted by Gasteiger charge is 2.23. The molecule has 7 heteroatoms. The molecule has 1 aromatic carbocycles. The minimum Gasteiger partial charge on any atom is -0.290 e. The second-order valence-electron chi connectivity index (χ2n) is 5.11. The van der Waals surface area contributed by atoms with Gasteiger partial charge in [0.2, 0.25) is 10.0 Å². The van der Waals surface area contributed by atoms with Crippen LogP contribution in [0.5, 0.6) is 0 Å². The average Bonchev–Trinajstić information content (AvgIpc) is 2.54. The molecule has 1 rings (SSSR count). The SMILES string of the molecule is CCCCN(CCCC)S(=O)(=O)c1ccc(C(=O)NN)cc1. The minimum absolute atomic E-state index is 0.202. The predicted molar refractivity (Wildman–Crippen MR) is 86.7 cm³/mol. The van der Waals surface area contributed by atoms with Crippen molar-refractivity contribution < 1.29 is 13.2 Å². The lowest BCUT2D eigenvalue weighted by Crippen LogP contribution is -2.33. The quantitative estimate of drug-likeness (QED) is 0.411. The van der Waals surface area contributed by atoms with E-state index in [2.05, 4.69) is 0 Å². The highest BCUT2D eigenvalue weighted by Crippen LogP contribution is 2.18. The predicted octanol–water partition coefficient (Wildman–Crippen LogP) is 1.88. The summed E-state index contributed by atoms with van der Waals surface area (Å²) in [7, 11) is -3.52. The first-order chi connectivity index (χ1) is 10.5. The van der Waals surface area contributed by atoms with Crippen LogP contribution in [0, 0.1) is 0 Å². The number of hydrazine groups is 1. The Labute approximate surface area is 132 Å². The first kappa shape index (κ1) is 18.6. The molecule has 0 bridgehead atoms. The van der Waals surface area contributed by atoms with E-state index in [0.29, 0.717) is 18.7 Å². The summed E-state index contributed by atoms with van der Waals surface area (Å²) in [5, 5.41) is 0. The van der Waals surface area contributed by atoms with Crippen LogP contribution in [0.2, 0.25) is 0 Å². The number of benzene rings is 1. The molecule has 0 aliphatic carbocycles. The van der Waals surface area contributed by atoms with E-state index in [0.717, 1.165) is 25.7 Å². The average molecular weight is 327 g/mol. The van der Waals surface area contributed by atoms with Crippen molar-refractivity contribution >= 4 is 15.9 Å². The van der Waals surface area contributed by atoms with Crippen molar-refractivity contribution in [3.8, 4) is 0 Å². The number of nitrogen functional groups attached to an aromatic ring is 1. The van der Waals surface area contributed by atoms with Crippen molar-refractivity contribution in [1.29, 1.82) is 0 Å². The van der Waals surface area contributed by atoms with Gasteiger partial charge in [-0.25, -0.2) is 14.3 Å². The van der Waals surface area contributed by atoms with Gasteiger partial charge >= 0.3 is 0 Å². The fourth-order valence-electron chi connectivity index (χ4n) is 2.03. The zero-order valence-electron chi connectivity index (χ0n) is 13.2. The van der Waals surface area contributed by atoms with Crippen molar-refractivity contribution in [2.75, 3.05) is 13.1 Å². The van der Waals surface area contributed by atoms with Crippen LogP contribution in [-0.2, 0) is 10.0 Å². The number of hydrogen-bond donors (Lipinski definition) is 2. The van der Waals surface area contributed by atoms with E-state index in [1.54, 1.807) is 0 Å². The molecule has 0 spiro atoms. The largest absolute Gasteiger partial charge is 0.290 e. The lowest BCUT2D eigenvalue weighted by atomic mass is 10.2. The van der Waals surface area contributed by atoms with Gasteiger partial charge in [0.15, 0.2) is 0 Å². The number of carbonyl (C=O) groups is 1. The molecule has 0 fully saturated rings. The normalized spacial score (nSPS) is 11.6. The lowest BCUT2D eigenvalue weighted by Gasteiger charge is -2.22.